The highest BCUT2D eigenvalue weighted by Crippen LogP contribution is 2.56. The summed E-state index contributed by atoms with van der Waals surface area (Å²) in [5.74, 6) is -1.83. The Morgan fingerprint density at radius 2 is 2.00 bits per heavy atom. The van der Waals surface area contributed by atoms with Gasteiger partial charge in [0.1, 0.15) is 5.56 Å². The van der Waals surface area contributed by atoms with Crippen LogP contribution in [0.15, 0.2) is 11.0 Å². The average molecular weight is 434 g/mol. The summed E-state index contributed by atoms with van der Waals surface area (Å²) < 4.78 is 17.5. The van der Waals surface area contributed by atoms with E-state index in [1.54, 1.807) is 11.5 Å². The quantitative estimate of drug-likeness (QED) is 0.797. The van der Waals surface area contributed by atoms with Crippen LogP contribution in [-0.4, -0.2) is 53.8 Å². The summed E-state index contributed by atoms with van der Waals surface area (Å²) in [4.78, 5) is 28.8. The van der Waals surface area contributed by atoms with E-state index in [0.29, 0.717) is 23.8 Å². The summed E-state index contributed by atoms with van der Waals surface area (Å²) in [5, 5.41) is 9.79. The van der Waals surface area contributed by atoms with Crippen molar-refractivity contribution in [2.24, 2.45) is 5.41 Å². The number of aromatic carboxylic acids is 1. The first kappa shape index (κ1) is 19.8. The van der Waals surface area contributed by atoms with Gasteiger partial charge in [0, 0.05) is 42.3 Å². The van der Waals surface area contributed by atoms with Gasteiger partial charge in [0.05, 0.1) is 21.6 Å². The topological polar surface area (TPSA) is 65.8 Å². The van der Waals surface area contributed by atoms with E-state index in [1.165, 1.54) is 6.20 Å². The molecule has 30 heavy (non-hydrogen) atoms. The van der Waals surface area contributed by atoms with Gasteiger partial charge in [-0.05, 0) is 46.7 Å². The lowest BCUT2D eigenvalue weighted by Crippen LogP contribution is -2.36. The van der Waals surface area contributed by atoms with Crippen molar-refractivity contribution in [3.05, 3.63) is 38.4 Å². The molecule has 0 bridgehead atoms. The van der Waals surface area contributed by atoms with Crippen molar-refractivity contribution < 1.29 is 14.3 Å². The van der Waals surface area contributed by atoms with Crippen molar-refractivity contribution in [3.8, 4) is 0 Å². The maximum Gasteiger partial charge on any atom is 0.341 e. The second-order valence-electron chi connectivity index (χ2n) is 9.36. The minimum Gasteiger partial charge on any atom is -0.477 e. The first-order chi connectivity index (χ1) is 14.2. The number of aryl methyl sites for hydroxylation is 1. The summed E-state index contributed by atoms with van der Waals surface area (Å²) in [6.45, 7) is 2.96. The van der Waals surface area contributed by atoms with E-state index >= 15 is 4.39 Å². The number of carboxylic acids is 1. The van der Waals surface area contributed by atoms with E-state index < -0.39 is 17.2 Å². The Bertz CT molecular complexity index is 1150. The highest BCUT2D eigenvalue weighted by Gasteiger charge is 2.56. The van der Waals surface area contributed by atoms with Crippen LogP contribution >= 0.6 is 11.6 Å². The van der Waals surface area contributed by atoms with Gasteiger partial charge in [-0.2, -0.15) is 0 Å². The van der Waals surface area contributed by atoms with Crippen LogP contribution in [0.3, 0.4) is 0 Å². The van der Waals surface area contributed by atoms with Crippen LogP contribution in [0.25, 0.3) is 10.9 Å². The van der Waals surface area contributed by atoms with Crippen LogP contribution < -0.4 is 10.3 Å². The molecular formula is C22H25ClFN3O3. The number of pyridine rings is 1. The predicted molar refractivity (Wildman–Crippen MR) is 114 cm³/mol. The van der Waals surface area contributed by atoms with Crippen LogP contribution in [0.5, 0.6) is 0 Å². The molecule has 1 saturated heterocycles. The highest BCUT2D eigenvalue weighted by atomic mass is 35.5. The summed E-state index contributed by atoms with van der Waals surface area (Å²) in [6.07, 6.45) is 5.38. The molecule has 0 unspecified atom stereocenters. The molecule has 0 amide bonds. The van der Waals surface area contributed by atoms with Gasteiger partial charge >= 0.3 is 5.97 Å². The molecule has 1 aromatic heterocycles. The molecule has 2 aliphatic carbocycles. The standard InChI is InChI=1S/C22H25ClFN3O3/c1-11-15-18(27(12-4-5-12)8-13(20(15)28)21(29)30)16(23)19(17(11)24)26-9-14(25(2)3)22(10-26)6-7-22/h8,12,14H,4-7,9-10H2,1-3H3,(H,29,30)/t14-/m0/s1. The van der Waals surface area contributed by atoms with E-state index in [-0.39, 0.29) is 33.0 Å². The van der Waals surface area contributed by atoms with Gasteiger partial charge in [-0.15, -0.1) is 0 Å². The zero-order valence-corrected chi connectivity index (χ0v) is 18.1. The molecule has 1 N–H and O–H groups in total. The third-order valence-electron chi connectivity index (χ3n) is 7.17. The molecule has 1 atom stereocenters. The van der Waals surface area contributed by atoms with Crippen molar-refractivity contribution >= 4 is 34.2 Å². The first-order valence-electron chi connectivity index (χ1n) is 10.4. The zero-order valence-electron chi connectivity index (χ0n) is 17.3. The third kappa shape index (κ3) is 2.71. The Balaban J connectivity index is 1.76. The molecule has 0 radical (unpaired) electrons. The Morgan fingerprint density at radius 3 is 2.50 bits per heavy atom. The van der Waals surface area contributed by atoms with E-state index in [4.69, 9.17) is 11.6 Å². The second-order valence-corrected chi connectivity index (χ2v) is 9.74. The number of nitrogens with zero attached hydrogens (tertiary/aromatic N) is 3. The molecule has 6 nitrogen and oxygen atoms in total. The average Bonchev–Trinajstić information content (AvgIpc) is 3.58. The predicted octanol–water partition coefficient (Wildman–Crippen LogP) is 3.67. The van der Waals surface area contributed by atoms with Crippen molar-refractivity contribution in [1.29, 1.82) is 0 Å². The lowest BCUT2D eigenvalue weighted by molar-refractivity contribution is 0.0695. The van der Waals surface area contributed by atoms with Gasteiger partial charge in [0.2, 0.25) is 5.43 Å². The lowest BCUT2D eigenvalue weighted by atomic mass is 10.0. The van der Waals surface area contributed by atoms with Crippen LogP contribution in [0.2, 0.25) is 5.02 Å². The molecule has 2 aromatic rings. The summed E-state index contributed by atoms with van der Waals surface area (Å²) >= 11 is 6.82. The molecule has 2 heterocycles. The number of hydrogen-bond acceptors (Lipinski definition) is 4. The molecule has 3 aliphatic rings. The Labute approximate surface area is 178 Å². The van der Waals surface area contributed by atoms with Gasteiger partial charge in [0.25, 0.3) is 0 Å². The normalized spacial score (nSPS) is 22.5. The fourth-order valence-electron chi connectivity index (χ4n) is 5.26. The number of carboxylic acid groups (broad SMARTS) is 1. The number of anilines is 1. The number of aromatic nitrogens is 1. The maximum absolute atomic E-state index is 15.7. The van der Waals surface area contributed by atoms with Crippen molar-refractivity contribution in [2.75, 3.05) is 32.1 Å². The molecular weight excluding hydrogens is 409 g/mol. The molecule has 3 fully saturated rings. The molecule has 1 aromatic carbocycles. The van der Waals surface area contributed by atoms with Gasteiger partial charge in [0.15, 0.2) is 5.82 Å². The van der Waals surface area contributed by atoms with Gasteiger partial charge in [-0.1, -0.05) is 11.6 Å². The number of likely N-dealkylation sites (N-methyl/N-ethyl adjacent to an activating group) is 1. The van der Waals surface area contributed by atoms with Gasteiger partial charge < -0.3 is 19.5 Å². The highest BCUT2D eigenvalue weighted by molar-refractivity contribution is 6.38. The number of halogens is 2. The van der Waals surface area contributed by atoms with Crippen LogP contribution in [0.4, 0.5) is 10.1 Å². The van der Waals surface area contributed by atoms with Crippen LogP contribution in [0.1, 0.15) is 47.6 Å². The van der Waals surface area contributed by atoms with Gasteiger partial charge in [-0.25, -0.2) is 9.18 Å². The van der Waals surface area contributed by atoms with E-state index in [0.717, 1.165) is 32.2 Å². The minimum absolute atomic E-state index is 0.0811. The van der Waals surface area contributed by atoms with Crippen LogP contribution in [0, 0.1) is 18.2 Å². The van der Waals surface area contributed by atoms with Crippen molar-refractivity contribution in [3.63, 3.8) is 0 Å². The third-order valence-corrected chi connectivity index (χ3v) is 7.53. The van der Waals surface area contributed by atoms with Crippen molar-refractivity contribution in [1.82, 2.24) is 9.47 Å². The fraction of sp³-hybridized carbons (Fsp3) is 0.545. The molecule has 8 heteroatoms. The van der Waals surface area contributed by atoms with Gasteiger partial charge in [-0.3, -0.25) is 4.79 Å². The monoisotopic (exact) mass is 433 g/mol. The maximum atomic E-state index is 15.7. The van der Waals surface area contributed by atoms with Crippen LogP contribution in [-0.2, 0) is 0 Å². The smallest absolute Gasteiger partial charge is 0.341 e. The largest absolute Gasteiger partial charge is 0.477 e. The Hall–Kier alpha value is -2.12. The lowest BCUT2D eigenvalue weighted by Gasteiger charge is -2.26. The SMILES string of the molecule is Cc1c(F)c(N2C[C@H](N(C)C)C3(CC3)C2)c(Cl)c2c1c(=O)c(C(=O)O)cn2C1CC1. The summed E-state index contributed by atoms with van der Waals surface area (Å²) in [7, 11) is 4.10. The molecule has 160 valence electrons. The Kier molecular flexibility index (Phi) is 4.25. The Morgan fingerprint density at radius 1 is 1.33 bits per heavy atom. The van der Waals surface area contributed by atoms with Crippen molar-refractivity contribution in [2.45, 2.75) is 44.7 Å². The van der Waals surface area contributed by atoms with E-state index in [1.807, 2.05) is 4.90 Å². The first-order valence-corrected chi connectivity index (χ1v) is 10.7. The summed E-state index contributed by atoms with van der Waals surface area (Å²) in [5.41, 5.74) is 0.128. The number of hydrogen-bond donors (Lipinski definition) is 1. The number of fused-ring (bicyclic) bond motifs is 1. The zero-order chi connectivity index (χ0) is 21.5. The number of rotatable bonds is 4. The minimum atomic E-state index is -1.31. The molecule has 2 saturated carbocycles. The number of benzene rings is 1. The van der Waals surface area contributed by atoms with E-state index in [2.05, 4.69) is 19.0 Å². The second kappa shape index (κ2) is 6.44. The number of carbonyl (C=O) groups is 1. The fourth-order valence-corrected chi connectivity index (χ4v) is 5.65. The van der Waals surface area contributed by atoms with E-state index in [9.17, 15) is 14.7 Å². The molecule has 1 spiro atoms. The molecule has 1 aliphatic heterocycles. The molecule has 5 rings (SSSR count). The summed E-state index contributed by atoms with van der Waals surface area (Å²) in [6, 6.07) is 0.410.